The van der Waals surface area contributed by atoms with Crippen LogP contribution >= 0.6 is 11.6 Å². The third-order valence-corrected chi connectivity index (χ3v) is 4.24. The van der Waals surface area contributed by atoms with Gasteiger partial charge < -0.3 is 10.2 Å². The molecule has 1 atom stereocenters. The fourth-order valence-electron chi connectivity index (χ4n) is 2.74. The van der Waals surface area contributed by atoms with Crippen molar-refractivity contribution in [1.82, 2.24) is 0 Å². The molecule has 0 saturated heterocycles. The molecule has 1 fully saturated rings. The Morgan fingerprint density at radius 1 is 1.10 bits per heavy atom. The van der Waals surface area contributed by atoms with Gasteiger partial charge in [0.05, 0.1) is 17.4 Å². The first-order valence-corrected chi connectivity index (χ1v) is 7.81. The zero-order chi connectivity index (χ0) is 14.8. The highest BCUT2D eigenvalue weighted by Crippen LogP contribution is 2.44. The Balaban J connectivity index is 1.92. The molecule has 0 radical (unpaired) electrons. The molecule has 0 spiro atoms. The molecule has 1 aliphatic rings. The minimum Gasteiger partial charge on any atom is -0.376 e. The summed E-state index contributed by atoms with van der Waals surface area (Å²) in [4.78, 5) is 2.12. The number of benzene rings is 2. The van der Waals surface area contributed by atoms with E-state index >= 15 is 0 Å². The van der Waals surface area contributed by atoms with Crippen molar-refractivity contribution in [1.29, 1.82) is 0 Å². The van der Waals surface area contributed by atoms with Crippen LogP contribution < -0.4 is 10.2 Å². The molecule has 2 aromatic carbocycles. The van der Waals surface area contributed by atoms with Crippen LogP contribution in [0.4, 0.5) is 11.4 Å². The van der Waals surface area contributed by atoms with E-state index in [1.807, 2.05) is 12.1 Å². The van der Waals surface area contributed by atoms with E-state index in [1.54, 1.807) is 0 Å². The number of hydrogen-bond donors (Lipinski definition) is 1. The first kappa shape index (κ1) is 14.3. The van der Waals surface area contributed by atoms with Crippen LogP contribution in [0.1, 0.15) is 24.4 Å². The number of nitrogens with zero attached hydrogens (tertiary/aromatic N) is 1. The second kappa shape index (κ2) is 5.98. The molecule has 1 aliphatic carbocycles. The van der Waals surface area contributed by atoms with Gasteiger partial charge in [0.15, 0.2) is 0 Å². The quantitative estimate of drug-likeness (QED) is 0.838. The van der Waals surface area contributed by atoms with Crippen LogP contribution in [0.15, 0.2) is 48.5 Å². The van der Waals surface area contributed by atoms with E-state index in [2.05, 4.69) is 60.7 Å². The molecule has 0 amide bonds. The highest BCUT2D eigenvalue weighted by atomic mass is 35.5. The van der Waals surface area contributed by atoms with Crippen molar-refractivity contribution in [2.24, 2.45) is 5.92 Å². The minimum atomic E-state index is 0.364. The summed E-state index contributed by atoms with van der Waals surface area (Å²) in [5.41, 5.74) is 3.62. The number of halogens is 1. The lowest BCUT2D eigenvalue weighted by Gasteiger charge is -2.25. The van der Waals surface area contributed by atoms with E-state index in [0.717, 1.165) is 16.6 Å². The molecule has 110 valence electrons. The normalized spacial score (nSPS) is 15.6. The maximum Gasteiger partial charge on any atom is 0.0598 e. The van der Waals surface area contributed by atoms with E-state index < -0.39 is 0 Å². The molecule has 2 nitrogen and oxygen atoms in total. The molecule has 1 saturated carbocycles. The van der Waals surface area contributed by atoms with Gasteiger partial charge in [-0.3, -0.25) is 0 Å². The van der Waals surface area contributed by atoms with Crippen LogP contribution in [0.3, 0.4) is 0 Å². The number of rotatable bonds is 5. The molecule has 0 heterocycles. The van der Waals surface area contributed by atoms with Crippen molar-refractivity contribution < 1.29 is 0 Å². The lowest BCUT2D eigenvalue weighted by atomic mass is 10.0. The summed E-state index contributed by atoms with van der Waals surface area (Å²) < 4.78 is 0. The Morgan fingerprint density at radius 2 is 1.81 bits per heavy atom. The van der Waals surface area contributed by atoms with Gasteiger partial charge >= 0.3 is 0 Å². The second-order valence-corrected chi connectivity index (χ2v) is 6.36. The summed E-state index contributed by atoms with van der Waals surface area (Å²) in [5.74, 6) is 0.724. The number of hydrogen-bond acceptors (Lipinski definition) is 2. The van der Waals surface area contributed by atoms with E-state index in [9.17, 15) is 0 Å². The Bertz CT molecular complexity index is 606. The van der Waals surface area contributed by atoms with Crippen LogP contribution in [0, 0.1) is 5.92 Å². The largest absolute Gasteiger partial charge is 0.376 e. The molecule has 21 heavy (non-hydrogen) atoms. The van der Waals surface area contributed by atoms with Gasteiger partial charge in [-0.1, -0.05) is 41.9 Å². The first-order chi connectivity index (χ1) is 10.1. The van der Waals surface area contributed by atoms with Gasteiger partial charge in [-0.2, -0.15) is 0 Å². The van der Waals surface area contributed by atoms with Gasteiger partial charge in [0.25, 0.3) is 0 Å². The molecule has 0 bridgehead atoms. The van der Waals surface area contributed by atoms with Gasteiger partial charge in [0, 0.05) is 19.1 Å². The molecular weight excluding hydrogens is 280 g/mol. The molecule has 0 aromatic heterocycles. The predicted molar refractivity (Wildman–Crippen MR) is 91.3 cm³/mol. The fourth-order valence-corrected chi connectivity index (χ4v) is 2.92. The zero-order valence-corrected chi connectivity index (χ0v) is 13.3. The fraction of sp³-hybridized carbons (Fsp3) is 0.333. The van der Waals surface area contributed by atoms with E-state index in [1.165, 1.54) is 24.1 Å². The SMILES string of the molecule is CN(C)c1ccc(Cl)cc1NC(c1ccccc1)C1CC1. The Kier molecular flexibility index (Phi) is 4.07. The van der Waals surface area contributed by atoms with Gasteiger partial charge in [0.2, 0.25) is 0 Å². The zero-order valence-electron chi connectivity index (χ0n) is 12.5. The van der Waals surface area contributed by atoms with Gasteiger partial charge in [-0.05, 0) is 42.5 Å². The standard InChI is InChI=1S/C18H21ClN2/c1-21(2)17-11-10-15(19)12-16(17)20-18(14-8-9-14)13-6-4-3-5-7-13/h3-7,10-12,14,18,20H,8-9H2,1-2H3. The Labute approximate surface area is 131 Å². The van der Waals surface area contributed by atoms with E-state index in [-0.39, 0.29) is 0 Å². The third-order valence-electron chi connectivity index (χ3n) is 4.00. The van der Waals surface area contributed by atoms with Crippen LogP contribution in [0.5, 0.6) is 0 Å². The molecule has 3 heteroatoms. The van der Waals surface area contributed by atoms with Crippen molar-refractivity contribution in [2.45, 2.75) is 18.9 Å². The summed E-state index contributed by atoms with van der Waals surface area (Å²) in [5, 5.41) is 4.49. The lowest BCUT2D eigenvalue weighted by Crippen LogP contribution is -2.17. The van der Waals surface area contributed by atoms with E-state index in [4.69, 9.17) is 11.6 Å². The summed E-state index contributed by atoms with van der Waals surface area (Å²) in [6, 6.07) is 17.1. The number of nitrogens with one attached hydrogen (secondary N) is 1. The Morgan fingerprint density at radius 3 is 2.43 bits per heavy atom. The van der Waals surface area contributed by atoms with Crippen molar-refractivity contribution in [3.63, 3.8) is 0 Å². The Hall–Kier alpha value is -1.67. The average Bonchev–Trinajstić information content (AvgIpc) is 3.30. The summed E-state index contributed by atoms with van der Waals surface area (Å²) in [6.07, 6.45) is 2.59. The van der Waals surface area contributed by atoms with Crippen molar-refractivity contribution >= 4 is 23.0 Å². The highest BCUT2D eigenvalue weighted by molar-refractivity contribution is 6.31. The van der Waals surface area contributed by atoms with Crippen LogP contribution in [0.2, 0.25) is 5.02 Å². The maximum absolute atomic E-state index is 6.19. The maximum atomic E-state index is 6.19. The van der Waals surface area contributed by atoms with Crippen molar-refractivity contribution in [2.75, 3.05) is 24.3 Å². The van der Waals surface area contributed by atoms with Crippen molar-refractivity contribution in [3.8, 4) is 0 Å². The summed E-state index contributed by atoms with van der Waals surface area (Å²) >= 11 is 6.19. The average molecular weight is 301 g/mol. The third kappa shape index (κ3) is 3.33. The molecule has 2 aromatic rings. The molecule has 3 rings (SSSR count). The first-order valence-electron chi connectivity index (χ1n) is 7.43. The smallest absolute Gasteiger partial charge is 0.0598 e. The van der Waals surface area contributed by atoms with Gasteiger partial charge in [-0.25, -0.2) is 0 Å². The second-order valence-electron chi connectivity index (χ2n) is 5.93. The monoisotopic (exact) mass is 300 g/mol. The van der Waals surface area contributed by atoms with Crippen LogP contribution in [-0.2, 0) is 0 Å². The number of anilines is 2. The molecule has 1 N–H and O–H groups in total. The van der Waals surface area contributed by atoms with Crippen molar-refractivity contribution in [3.05, 3.63) is 59.1 Å². The van der Waals surface area contributed by atoms with Crippen LogP contribution in [-0.4, -0.2) is 14.1 Å². The van der Waals surface area contributed by atoms with Gasteiger partial charge in [0.1, 0.15) is 0 Å². The van der Waals surface area contributed by atoms with Gasteiger partial charge in [-0.15, -0.1) is 0 Å². The molecular formula is C18H21ClN2. The lowest BCUT2D eigenvalue weighted by molar-refractivity contribution is 0.679. The molecule has 1 unspecified atom stereocenters. The highest BCUT2D eigenvalue weighted by Gasteiger charge is 2.32. The molecule has 0 aliphatic heterocycles. The summed E-state index contributed by atoms with van der Waals surface area (Å²) in [6.45, 7) is 0. The van der Waals surface area contributed by atoms with Crippen LogP contribution in [0.25, 0.3) is 0 Å². The minimum absolute atomic E-state index is 0.364. The topological polar surface area (TPSA) is 15.3 Å². The predicted octanol–water partition coefficient (Wildman–Crippen LogP) is 4.97. The summed E-state index contributed by atoms with van der Waals surface area (Å²) in [7, 11) is 4.12. The van der Waals surface area contributed by atoms with E-state index in [0.29, 0.717) is 6.04 Å².